The molecule has 2 aromatic heterocycles. The highest BCUT2D eigenvalue weighted by Gasteiger charge is 2.12. The van der Waals surface area contributed by atoms with E-state index in [1.165, 1.54) is 6.21 Å². The number of benzene rings is 3. The average Bonchev–Trinajstić information content (AvgIpc) is 3.31. The minimum absolute atomic E-state index is 0.00677. The van der Waals surface area contributed by atoms with Crippen molar-refractivity contribution in [1.82, 2.24) is 9.99 Å². The molecule has 1 amide bonds. The number of aromatic nitrogens is 1. The fourth-order valence-corrected chi connectivity index (χ4v) is 3.91. The smallest absolute Gasteiger partial charge is 0.260 e. The van der Waals surface area contributed by atoms with Crippen molar-refractivity contribution in [3.05, 3.63) is 106 Å². The Bertz CT molecular complexity index is 1510. The van der Waals surface area contributed by atoms with Gasteiger partial charge in [-0.3, -0.25) is 9.59 Å². The van der Waals surface area contributed by atoms with E-state index in [1.807, 2.05) is 59.2 Å². The maximum atomic E-state index is 12.8. The molecule has 0 unspecified atom stereocenters. The lowest BCUT2D eigenvalue weighted by Gasteiger charge is -2.14. The Morgan fingerprint density at radius 1 is 0.909 bits per heavy atom. The zero-order valence-corrected chi connectivity index (χ0v) is 18.1. The van der Waals surface area contributed by atoms with Crippen molar-refractivity contribution >= 4 is 45.5 Å². The minimum Gasteiger partial charge on any atom is -0.455 e. The van der Waals surface area contributed by atoms with Crippen LogP contribution in [0.3, 0.4) is 0 Å². The molecular weight excluding hydrogens is 438 g/mol. The van der Waals surface area contributed by atoms with Gasteiger partial charge in [-0.15, -0.1) is 0 Å². The maximum Gasteiger partial charge on any atom is 0.260 e. The van der Waals surface area contributed by atoms with E-state index in [4.69, 9.17) is 16.0 Å². The average molecular weight is 456 g/mol. The van der Waals surface area contributed by atoms with Crippen LogP contribution < -0.4 is 10.9 Å². The highest BCUT2D eigenvalue weighted by Crippen LogP contribution is 2.23. The first-order chi connectivity index (χ1) is 16.1. The third-order valence-corrected chi connectivity index (χ3v) is 5.57. The van der Waals surface area contributed by atoms with Gasteiger partial charge in [-0.1, -0.05) is 35.9 Å². The Morgan fingerprint density at radius 3 is 2.21 bits per heavy atom. The summed E-state index contributed by atoms with van der Waals surface area (Å²) >= 11 is 5.92. The molecule has 0 aliphatic rings. The van der Waals surface area contributed by atoms with Gasteiger partial charge in [0.15, 0.2) is 5.43 Å². The molecule has 0 aliphatic heterocycles. The number of nitrogens with zero attached hydrogens (tertiary/aromatic N) is 2. The van der Waals surface area contributed by atoms with Crippen LogP contribution >= 0.6 is 11.6 Å². The molecule has 1 N–H and O–H groups in total. The summed E-state index contributed by atoms with van der Waals surface area (Å²) < 4.78 is 7.58. The van der Waals surface area contributed by atoms with Crippen molar-refractivity contribution in [2.45, 2.75) is 6.54 Å². The largest absolute Gasteiger partial charge is 0.455 e. The molecule has 0 bridgehead atoms. The summed E-state index contributed by atoms with van der Waals surface area (Å²) in [7, 11) is 0. The normalized spacial score (nSPS) is 11.4. The van der Waals surface area contributed by atoms with Gasteiger partial charge in [-0.05, 0) is 60.7 Å². The zero-order valence-electron chi connectivity index (χ0n) is 17.4. The van der Waals surface area contributed by atoms with Gasteiger partial charge in [-0.2, -0.15) is 5.10 Å². The molecule has 0 spiro atoms. The molecule has 33 heavy (non-hydrogen) atoms. The molecule has 7 heteroatoms. The van der Waals surface area contributed by atoms with Gasteiger partial charge in [0, 0.05) is 21.4 Å². The van der Waals surface area contributed by atoms with Crippen molar-refractivity contribution < 1.29 is 9.21 Å². The standard InChI is InChI=1S/C26H18ClN3O3/c27-18-11-9-17(10-12-18)24-14-13-19(33-24)15-28-29-25(31)16-30-22-7-3-1-5-20(22)26(32)21-6-2-4-8-23(21)30/h1-15H,16H2,(H,29,31)/b28-15+. The molecule has 5 aromatic rings. The first-order valence-corrected chi connectivity index (χ1v) is 10.7. The van der Waals surface area contributed by atoms with Gasteiger partial charge in [0.2, 0.25) is 0 Å². The summed E-state index contributed by atoms with van der Waals surface area (Å²) in [6, 6.07) is 25.4. The van der Waals surface area contributed by atoms with Crippen LogP contribution in [0, 0.1) is 0 Å². The van der Waals surface area contributed by atoms with Gasteiger partial charge >= 0.3 is 0 Å². The third-order valence-electron chi connectivity index (χ3n) is 5.32. The minimum atomic E-state index is -0.324. The number of rotatable bonds is 5. The number of fused-ring (bicyclic) bond motifs is 2. The highest BCUT2D eigenvalue weighted by atomic mass is 35.5. The Labute approximate surface area is 193 Å². The third kappa shape index (κ3) is 4.16. The summed E-state index contributed by atoms with van der Waals surface area (Å²) in [6.07, 6.45) is 1.44. The van der Waals surface area contributed by atoms with Crippen LogP contribution in [0.5, 0.6) is 0 Å². The summed E-state index contributed by atoms with van der Waals surface area (Å²) in [5, 5.41) is 5.81. The number of carbonyl (C=O) groups excluding carboxylic acids is 1. The summed E-state index contributed by atoms with van der Waals surface area (Å²) in [6.45, 7) is 0.00677. The van der Waals surface area contributed by atoms with E-state index >= 15 is 0 Å². The van der Waals surface area contributed by atoms with Crippen LogP contribution in [0.4, 0.5) is 0 Å². The van der Waals surface area contributed by atoms with E-state index < -0.39 is 0 Å². The SMILES string of the molecule is O=C(Cn1c2ccccc2c(=O)c2ccccc21)N/N=C/c1ccc(-c2ccc(Cl)cc2)o1. The van der Waals surface area contributed by atoms with Gasteiger partial charge in [0.05, 0.1) is 17.2 Å². The predicted octanol–water partition coefficient (Wildman–Crippen LogP) is 5.22. The van der Waals surface area contributed by atoms with Crippen LogP contribution in [0.15, 0.2) is 99.2 Å². The van der Waals surface area contributed by atoms with E-state index in [1.54, 1.807) is 30.3 Å². The molecule has 5 rings (SSSR count). The van der Waals surface area contributed by atoms with Crippen molar-refractivity contribution in [2.75, 3.05) is 0 Å². The second kappa shape index (κ2) is 8.76. The van der Waals surface area contributed by atoms with Crippen LogP contribution in [0.1, 0.15) is 5.76 Å². The van der Waals surface area contributed by atoms with Crippen molar-refractivity contribution in [2.24, 2.45) is 5.10 Å². The van der Waals surface area contributed by atoms with Gasteiger partial charge < -0.3 is 8.98 Å². The quantitative estimate of drug-likeness (QED) is 0.224. The lowest BCUT2D eigenvalue weighted by molar-refractivity contribution is -0.121. The van der Waals surface area contributed by atoms with E-state index in [0.717, 1.165) is 5.56 Å². The molecule has 162 valence electrons. The molecular formula is C26H18ClN3O3. The number of furan rings is 1. The van der Waals surface area contributed by atoms with E-state index in [2.05, 4.69) is 10.5 Å². The van der Waals surface area contributed by atoms with Crippen LogP contribution in [0.2, 0.25) is 5.02 Å². The molecule has 6 nitrogen and oxygen atoms in total. The van der Waals surface area contributed by atoms with Crippen molar-refractivity contribution in [1.29, 1.82) is 0 Å². The fraction of sp³-hybridized carbons (Fsp3) is 0.0385. The molecule has 2 heterocycles. The number of carbonyl (C=O) groups is 1. The number of amides is 1. The summed E-state index contributed by atoms with van der Waals surface area (Å²) in [4.78, 5) is 25.5. The molecule has 0 fully saturated rings. The van der Waals surface area contributed by atoms with E-state index in [9.17, 15) is 9.59 Å². The molecule has 0 saturated carbocycles. The molecule has 0 radical (unpaired) electrons. The van der Waals surface area contributed by atoms with Gasteiger partial charge in [0.25, 0.3) is 5.91 Å². The first-order valence-electron chi connectivity index (χ1n) is 10.3. The molecule has 0 saturated heterocycles. The first kappa shape index (κ1) is 20.7. The summed E-state index contributed by atoms with van der Waals surface area (Å²) in [5.74, 6) is 0.847. The Kier molecular flexibility index (Phi) is 5.50. The molecule has 3 aromatic carbocycles. The van der Waals surface area contributed by atoms with Gasteiger partial charge in [0.1, 0.15) is 18.1 Å². The number of hydrogen-bond acceptors (Lipinski definition) is 4. The van der Waals surface area contributed by atoms with Crippen LogP contribution in [-0.2, 0) is 11.3 Å². The van der Waals surface area contributed by atoms with Crippen LogP contribution in [0.25, 0.3) is 33.1 Å². The zero-order chi connectivity index (χ0) is 22.8. The van der Waals surface area contributed by atoms with E-state index in [-0.39, 0.29) is 17.9 Å². The van der Waals surface area contributed by atoms with Crippen LogP contribution in [-0.4, -0.2) is 16.7 Å². The molecule has 0 aliphatic carbocycles. The number of nitrogens with one attached hydrogen (secondary N) is 1. The Balaban J connectivity index is 1.36. The van der Waals surface area contributed by atoms with Gasteiger partial charge in [-0.25, -0.2) is 5.43 Å². The molecule has 0 atom stereocenters. The lowest BCUT2D eigenvalue weighted by Crippen LogP contribution is -2.25. The number of hydrazone groups is 1. The number of pyridine rings is 1. The maximum absolute atomic E-state index is 12.8. The number of halogens is 1. The van der Waals surface area contributed by atoms with Crippen molar-refractivity contribution in [3.63, 3.8) is 0 Å². The van der Waals surface area contributed by atoms with Crippen molar-refractivity contribution in [3.8, 4) is 11.3 Å². The van der Waals surface area contributed by atoms with E-state index in [0.29, 0.717) is 38.3 Å². The number of hydrogen-bond donors (Lipinski definition) is 1. The Hall–Kier alpha value is -4.16. The highest BCUT2D eigenvalue weighted by molar-refractivity contribution is 6.30. The monoisotopic (exact) mass is 455 g/mol. The summed E-state index contributed by atoms with van der Waals surface area (Å²) in [5.41, 5.74) is 4.76. The lowest BCUT2D eigenvalue weighted by atomic mass is 10.1. The predicted molar refractivity (Wildman–Crippen MR) is 131 cm³/mol. The fourth-order valence-electron chi connectivity index (χ4n) is 3.79. The Morgan fingerprint density at radius 2 is 1.55 bits per heavy atom. The second-order valence-electron chi connectivity index (χ2n) is 7.45. The second-order valence-corrected chi connectivity index (χ2v) is 7.89. The topological polar surface area (TPSA) is 76.6 Å². The number of para-hydroxylation sites is 2.